The number of hydrogen-bond donors (Lipinski definition) is 5. The van der Waals surface area contributed by atoms with E-state index in [0.29, 0.717) is 0 Å². The SMILES string of the molecule is NC1=N[C@@](c2cc(NC(=O)c3ncc(=O)[nH]c3N)ccc2F)(C(F)F)CNC1. The first kappa shape index (κ1) is 19.4. The summed E-state index contributed by atoms with van der Waals surface area (Å²) < 4.78 is 42.1. The average molecular weight is 395 g/mol. The quantitative estimate of drug-likeness (QED) is 0.498. The third-order valence-corrected chi connectivity index (χ3v) is 4.13. The maximum Gasteiger partial charge on any atom is 0.278 e. The molecule has 9 nitrogen and oxygen atoms in total. The van der Waals surface area contributed by atoms with Crippen LogP contribution in [0.15, 0.2) is 34.2 Å². The van der Waals surface area contributed by atoms with E-state index in [9.17, 15) is 22.8 Å². The summed E-state index contributed by atoms with van der Waals surface area (Å²) in [5.74, 6) is -2.11. The molecule has 1 atom stereocenters. The predicted molar refractivity (Wildman–Crippen MR) is 95.8 cm³/mol. The van der Waals surface area contributed by atoms with E-state index in [1.165, 1.54) is 6.07 Å². The van der Waals surface area contributed by atoms with Gasteiger partial charge in [-0.25, -0.2) is 18.2 Å². The fraction of sp³-hybridized carbons (Fsp3) is 0.250. The Kier molecular flexibility index (Phi) is 5.05. The molecule has 3 rings (SSSR count). The number of aliphatic imine (C=N–C) groups is 1. The number of nitrogens with zero attached hydrogens (tertiary/aromatic N) is 2. The molecule has 1 amide bonds. The Morgan fingerprint density at radius 3 is 2.71 bits per heavy atom. The van der Waals surface area contributed by atoms with Crippen molar-refractivity contribution in [3.8, 4) is 0 Å². The van der Waals surface area contributed by atoms with Crippen molar-refractivity contribution in [2.24, 2.45) is 10.7 Å². The van der Waals surface area contributed by atoms with Gasteiger partial charge in [-0.15, -0.1) is 0 Å². The number of nitrogens with two attached hydrogens (primary N) is 2. The van der Waals surface area contributed by atoms with Crippen molar-refractivity contribution < 1.29 is 18.0 Å². The zero-order valence-corrected chi connectivity index (χ0v) is 14.3. The lowest BCUT2D eigenvalue weighted by molar-refractivity contribution is 0.0491. The fourth-order valence-electron chi connectivity index (χ4n) is 2.84. The summed E-state index contributed by atoms with van der Waals surface area (Å²) >= 11 is 0. The highest BCUT2D eigenvalue weighted by Gasteiger charge is 2.45. The molecule has 1 aliphatic rings. The number of amidine groups is 1. The Labute approximate surface area is 156 Å². The van der Waals surface area contributed by atoms with Crippen LogP contribution >= 0.6 is 0 Å². The van der Waals surface area contributed by atoms with Crippen LogP contribution in [0.25, 0.3) is 0 Å². The predicted octanol–water partition coefficient (Wildman–Crippen LogP) is 0.164. The number of benzene rings is 1. The Bertz CT molecular complexity index is 1010. The van der Waals surface area contributed by atoms with Crippen LogP contribution in [0.5, 0.6) is 0 Å². The van der Waals surface area contributed by atoms with Gasteiger partial charge in [0.1, 0.15) is 17.5 Å². The lowest BCUT2D eigenvalue weighted by atomic mass is 9.88. The minimum atomic E-state index is -3.06. The van der Waals surface area contributed by atoms with Crippen LogP contribution in [0.3, 0.4) is 0 Å². The van der Waals surface area contributed by atoms with Gasteiger partial charge in [0.15, 0.2) is 11.2 Å². The number of nitrogen functional groups attached to an aromatic ring is 1. The molecule has 2 heterocycles. The van der Waals surface area contributed by atoms with Crippen LogP contribution in [0.4, 0.5) is 24.7 Å². The molecule has 148 valence electrons. The zero-order chi connectivity index (χ0) is 20.5. The van der Waals surface area contributed by atoms with Gasteiger partial charge < -0.3 is 27.1 Å². The monoisotopic (exact) mass is 395 g/mol. The summed E-state index contributed by atoms with van der Waals surface area (Å²) in [4.78, 5) is 33.1. The molecule has 1 aromatic carbocycles. The Balaban J connectivity index is 1.98. The van der Waals surface area contributed by atoms with Crippen LogP contribution in [-0.2, 0) is 5.54 Å². The summed E-state index contributed by atoms with van der Waals surface area (Å²) in [5.41, 5.74) is 7.57. The lowest BCUT2D eigenvalue weighted by Crippen LogP contribution is -2.51. The number of alkyl halides is 2. The topological polar surface area (TPSA) is 151 Å². The number of amides is 1. The first-order valence-corrected chi connectivity index (χ1v) is 8.02. The number of carbonyl (C=O) groups is 1. The van der Waals surface area contributed by atoms with Crippen molar-refractivity contribution >= 4 is 23.2 Å². The molecule has 0 aliphatic carbocycles. The molecule has 1 aliphatic heterocycles. The number of rotatable bonds is 4. The van der Waals surface area contributed by atoms with Crippen molar-refractivity contribution in [2.75, 3.05) is 24.1 Å². The van der Waals surface area contributed by atoms with Gasteiger partial charge >= 0.3 is 0 Å². The van der Waals surface area contributed by atoms with E-state index in [-0.39, 0.29) is 36.1 Å². The van der Waals surface area contributed by atoms with Crippen LogP contribution in [0.2, 0.25) is 0 Å². The fourth-order valence-corrected chi connectivity index (χ4v) is 2.84. The highest BCUT2D eigenvalue weighted by molar-refractivity contribution is 6.05. The number of halogens is 3. The molecule has 0 saturated heterocycles. The molecule has 0 unspecified atom stereocenters. The lowest BCUT2D eigenvalue weighted by Gasteiger charge is -2.34. The number of hydrogen-bond acceptors (Lipinski definition) is 7. The van der Waals surface area contributed by atoms with E-state index in [4.69, 9.17) is 11.5 Å². The standard InChI is InChI=1S/C16H16F3N7O2/c17-9-2-1-7(24-14(28)12-13(21)25-11(27)5-23-12)3-8(9)16(15(18)19)6-22-4-10(20)26-16/h1-3,5,15,22H,4,6H2,(H2,20,26)(H,24,28)(H3,21,25,27)/t16-/m0/s1. The molecule has 0 fully saturated rings. The minimum absolute atomic E-state index is 0.00756. The van der Waals surface area contributed by atoms with Gasteiger partial charge in [-0.2, -0.15) is 0 Å². The van der Waals surface area contributed by atoms with Gasteiger partial charge in [-0.05, 0) is 18.2 Å². The second kappa shape index (κ2) is 7.31. The Hall–Kier alpha value is -3.41. The molecule has 1 aromatic heterocycles. The van der Waals surface area contributed by atoms with E-state index >= 15 is 0 Å². The van der Waals surface area contributed by atoms with Crippen molar-refractivity contribution in [1.82, 2.24) is 15.3 Å². The maximum atomic E-state index is 14.4. The third-order valence-electron chi connectivity index (χ3n) is 4.13. The summed E-state index contributed by atoms with van der Waals surface area (Å²) in [7, 11) is 0. The minimum Gasteiger partial charge on any atom is -0.386 e. The van der Waals surface area contributed by atoms with E-state index in [1.54, 1.807) is 0 Å². The number of carbonyl (C=O) groups excluding carboxylic acids is 1. The zero-order valence-electron chi connectivity index (χ0n) is 14.3. The van der Waals surface area contributed by atoms with Gasteiger partial charge in [-0.1, -0.05) is 0 Å². The molecule has 7 N–H and O–H groups in total. The van der Waals surface area contributed by atoms with Crippen LogP contribution in [0.1, 0.15) is 16.1 Å². The second-order valence-electron chi connectivity index (χ2n) is 6.09. The molecular weight excluding hydrogens is 379 g/mol. The summed E-state index contributed by atoms with van der Waals surface area (Å²) in [6.45, 7) is -0.238. The maximum absolute atomic E-state index is 14.4. The normalized spacial score (nSPS) is 19.4. The van der Waals surface area contributed by atoms with E-state index < -0.39 is 34.8 Å². The van der Waals surface area contributed by atoms with Gasteiger partial charge in [0, 0.05) is 17.8 Å². The number of aromatic nitrogens is 2. The molecular formula is C16H16F3N7O2. The Morgan fingerprint density at radius 1 is 1.32 bits per heavy atom. The summed E-state index contributed by atoms with van der Waals surface area (Å²) in [6.07, 6.45) is -2.20. The van der Waals surface area contributed by atoms with E-state index in [1.807, 2.05) is 0 Å². The summed E-state index contributed by atoms with van der Waals surface area (Å²) in [5, 5.41) is 5.06. The molecule has 0 saturated carbocycles. The third kappa shape index (κ3) is 3.53. The van der Waals surface area contributed by atoms with Gasteiger partial charge in [0.05, 0.1) is 12.7 Å². The number of aromatic amines is 1. The average Bonchev–Trinajstić information content (AvgIpc) is 2.62. The highest BCUT2D eigenvalue weighted by atomic mass is 19.3. The summed E-state index contributed by atoms with van der Waals surface area (Å²) in [6, 6.07) is 3.16. The van der Waals surface area contributed by atoms with Crippen molar-refractivity contribution in [3.63, 3.8) is 0 Å². The van der Waals surface area contributed by atoms with Crippen molar-refractivity contribution in [1.29, 1.82) is 0 Å². The number of anilines is 2. The van der Waals surface area contributed by atoms with Gasteiger partial charge in [0.25, 0.3) is 17.9 Å². The first-order chi connectivity index (χ1) is 13.2. The van der Waals surface area contributed by atoms with E-state index in [0.717, 1.165) is 18.3 Å². The molecule has 28 heavy (non-hydrogen) atoms. The van der Waals surface area contributed by atoms with Crippen molar-refractivity contribution in [3.05, 3.63) is 51.8 Å². The van der Waals surface area contributed by atoms with E-state index in [2.05, 4.69) is 25.6 Å². The highest BCUT2D eigenvalue weighted by Crippen LogP contribution is 2.36. The number of nitrogens with one attached hydrogen (secondary N) is 3. The smallest absolute Gasteiger partial charge is 0.278 e. The molecule has 0 radical (unpaired) electrons. The molecule has 0 bridgehead atoms. The molecule has 12 heteroatoms. The van der Waals surface area contributed by atoms with Crippen LogP contribution < -0.4 is 27.7 Å². The van der Waals surface area contributed by atoms with Gasteiger partial charge in [0.2, 0.25) is 0 Å². The largest absolute Gasteiger partial charge is 0.386 e. The molecule has 0 spiro atoms. The molecule has 2 aromatic rings. The second-order valence-corrected chi connectivity index (χ2v) is 6.09. The van der Waals surface area contributed by atoms with Crippen molar-refractivity contribution in [2.45, 2.75) is 12.0 Å². The van der Waals surface area contributed by atoms with Crippen LogP contribution in [0, 0.1) is 5.82 Å². The Morgan fingerprint density at radius 2 is 2.07 bits per heavy atom. The number of H-pyrrole nitrogens is 1. The van der Waals surface area contributed by atoms with Gasteiger partial charge in [-0.3, -0.25) is 14.6 Å². The van der Waals surface area contributed by atoms with Crippen LogP contribution in [-0.4, -0.2) is 41.2 Å². The first-order valence-electron chi connectivity index (χ1n) is 8.02.